The standard InChI is InChI=1S/C21H21FN4O/c1-2-3-10-23-20(27)16-7-5-9-19(12-16)26-21-24-13-17(14-25-21)15-6-4-8-18(22)11-15/h4-9,11-14H,2-3,10H2,1H3,(H,23,27)(H,24,25,26). The highest BCUT2D eigenvalue weighted by molar-refractivity contribution is 5.95. The zero-order valence-electron chi connectivity index (χ0n) is 15.1. The fourth-order valence-corrected chi connectivity index (χ4v) is 2.56. The van der Waals surface area contributed by atoms with E-state index in [4.69, 9.17) is 0 Å². The number of anilines is 2. The van der Waals surface area contributed by atoms with Crippen LogP contribution < -0.4 is 10.6 Å². The van der Waals surface area contributed by atoms with E-state index < -0.39 is 0 Å². The number of unbranched alkanes of at least 4 members (excludes halogenated alkanes) is 1. The van der Waals surface area contributed by atoms with Gasteiger partial charge < -0.3 is 10.6 Å². The second-order valence-corrected chi connectivity index (χ2v) is 6.12. The maximum Gasteiger partial charge on any atom is 0.251 e. The second kappa shape index (κ2) is 8.89. The van der Waals surface area contributed by atoms with E-state index in [-0.39, 0.29) is 11.7 Å². The molecule has 0 radical (unpaired) electrons. The maximum absolute atomic E-state index is 13.3. The highest BCUT2D eigenvalue weighted by Crippen LogP contribution is 2.20. The average Bonchev–Trinajstić information content (AvgIpc) is 2.69. The lowest BCUT2D eigenvalue weighted by molar-refractivity contribution is 0.0953. The molecule has 1 amide bonds. The van der Waals surface area contributed by atoms with Crippen LogP contribution in [0.25, 0.3) is 11.1 Å². The van der Waals surface area contributed by atoms with Gasteiger partial charge in [0.15, 0.2) is 0 Å². The Balaban J connectivity index is 1.68. The molecule has 0 atom stereocenters. The molecule has 6 heteroatoms. The number of amides is 1. The van der Waals surface area contributed by atoms with Crippen LogP contribution in [0.1, 0.15) is 30.1 Å². The number of carbonyl (C=O) groups excluding carboxylic acids is 1. The van der Waals surface area contributed by atoms with Crippen molar-refractivity contribution in [1.82, 2.24) is 15.3 Å². The minimum Gasteiger partial charge on any atom is -0.352 e. The summed E-state index contributed by atoms with van der Waals surface area (Å²) in [4.78, 5) is 20.7. The number of carbonyl (C=O) groups is 1. The van der Waals surface area contributed by atoms with E-state index in [9.17, 15) is 9.18 Å². The molecule has 0 fully saturated rings. The van der Waals surface area contributed by atoms with Gasteiger partial charge in [0.1, 0.15) is 5.82 Å². The van der Waals surface area contributed by atoms with E-state index in [0.29, 0.717) is 23.6 Å². The summed E-state index contributed by atoms with van der Waals surface area (Å²) < 4.78 is 13.3. The molecule has 0 aliphatic heterocycles. The number of benzene rings is 2. The fraction of sp³-hybridized carbons (Fsp3) is 0.190. The van der Waals surface area contributed by atoms with Gasteiger partial charge in [0.25, 0.3) is 5.91 Å². The Labute approximate surface area is 157 Å². The molecule has 0 saturated carbocycles. The summed E-state index contributed by atoms with van der Waals surface area (Å²) >= 11 is 0. The van der Waals surface area contributed by atoms with Gasteiger partial charge in [-0.1, -0.05) is 31.5 Å². The van der Waals surface area contributed by atoms with Gasteiger partial charge in [-0.25, -0.2) is 14.4 Å². The average molecular weight is 364 g/mol. The zero-order valence-corrected chi connectivity index (χ0v) is 15.1. The van der Waals surface area contributed by atoms with Crippen molar-refractivity contribution in [3.8, 4) is 11.1 Å². The van der Waals surface area contributed by atoms with Crippen LogP contribution in [0.15, 0.2) is 60.9 Å². The minimum atomic E-state index is -0.302. The van der Waals surface area contributed by atoms with Crippen LogP contribution in [-0.2, 0) is 0 Å². The summed E-state index contributed by atoms with van der Waals surface area (Å²) in [7, 11) is 0. The number of hydrogen-bond donors (Lipinski definition) is 2. The van der Waals surface area contributed by atoms with Crippen molar-refractivity contribution in [3.05, 3.63) is 72.3 Å². The Morgan fingerprint density at radius 1 is 1.04 bits per heavy atom. The molecule has 3 aromatic rings. The molecule has 1 aromatic heterocycles. The first kappa shape index (κ1) is 18.5. The van der Waals surface area contributed by atoms with E-state index in [1.807, 2.05) is 6.07 Å². The molecule has 2 N–H and O–H groups in total. The molecule has 0 aliphatic rings. The number of hydrogen-bond acceptors (Lipinski definition) is 4. The number of aromatic nitrogens is 2. The van der Waals surface area contributed by atoms with Crippen molar-refractivity contribution in [1.29, 1.82) is 0 Å². The van der Waals surface area contributed by atoms with E-state index in [0.717, 1.165) is 24.1 Å². The number of nitrogens with zero attached hydrogens (tertiary/aromatic N) is 2. The molecule has 0 unspecified atom stereocenters. The smallest absolute Gasteiger partial charge is 0.251 e. The third-order valence-corrected chi connectivity index (χ3v) is 4.01. The van der Waals surface area contributed by atoms with Gasteiger partial charge in [0.05, 0.1) is 0 Å². The maximum atomic E-state index is 13.3. The number of nitrogens with one attached hydrogen (secondary N) is 2. The second-order valence-electron chi connectivity index (χ2n) is 6.12. The largest absolute Gasteiger partial charge is 0.352 e. The molecule has 0 spiro atoms. The Bertz CT molecular complexity index is 912. The van der Waals surface area contributed by atoms with E-state index in [1.54, 1.807) is 42.7 Å². The molecule has 1 heterocycles. The van der Waals surface area contributed by atoms with Crippen molar-refractivity contribution < 1.29 is 9.18 Å². The third-order valence-electron chi connectivity index (χ3n) is 4.01. The zero-order chi connectivity index (χ0) is 19.1. The first-order valence-electron chi connectivity index (χ1n) is 8.89. The molecule has 0 saturated heterocycles. The van der Waals surface area contributed by atoms with Crippen LogP contribution in [0.4, 0.5) is 16.0 Å². The SMILES string of the molecule is CCCCNC(=O)c1cccc(Nc2ncc(-c3cccc(F)c3)cn2)c1. The molecule has 0 aliphatic carbocycles. The van der Waals surface area contributed by atoms with Gasteiger partial charge in [0, 0.05) is 35.8 Å². The Morgan fingerprint density at radius 2 is 1.81 bits per heavy atom. The monoisotopic (exact) mass is 364 g/mol. The summed E-state index contributed by atoms with van der Waals surface area (Å²) in [5, 5.41) is 5.97. The first-order valence-corrected chi connectivity index (χ1v) is 8.89. The highest BCUT2D eigenvalue weighted by atomic mass is 19.1. The lowest BCUT2D eigenvalue weighted by atomic mass is 10.1. The number of halogens is 1. The Morgan fingerprint density at radius 3 is 2.56 bits per heavy atom. The third kappa shape index (κ3) is 5.10. The summed E-state index contributed by atoms with van der Waals surface area (Å²) in [5.74, 6) is -0.00288. The van der Waals surface area contributed by atoms with Crippen LogP contribution in [0.2, 0.25) is 0 Å². The van der Waals surface area contributed by atoms with Crippen molar-refractivity contribution in [3.63, 3.8) is 0 Å². The minimum absolute atomic E-state index is 0.102. The van der Waals surface area contributed by atoms with Crippen LogP contribution in [0.5, 0.6) is 0 Å². The van der Waals surface area contributed by atoms with Crippen LogP contribution in [0, 0.1) is 5.82 Å². The Kier molecular flexibility index (Phi) is 6.10. The van der Waals surface area contributed by atoms with Gasteiger partial charge in [-0.3, -0.25) is 4.79 Å². The van der Waals surface area contributed by atoms with Gasteiger partial charge in [-0.2, -0.15) is 0 Å². The van der Waals surface area contributed by atoms with Crippen molar-refractivity contribution >= 4 is 17.5 Å². The first-order chi connectivity index (χ1) is 13.2. The van der Waals surface area contributed by atoms with E-state index in [2.05, 4.69) is 27.5 Å². The van der Waals surface area contributed by atoms with Crippen LogP contribution in [-0.4, -0.2) is 22.4 Å². The molecular formula is C21H21FN4O. The van der Waals surface area contributed by atoms with Crippen molar-refractivity contribution in [2.24, 2.45) is 0 Å². The van der Waals surface area contributed by atoms with Crippen molar-refractivity contribution in [2.75, 3.05) is 11.9 Å². The van der Waals surface area contributed by atoms with E-state index >= 15 is 0 Å². The molecule has 2 aromatic carbocycles. The molecule has 5 nitrogen and oxygen atoms in total. The van der Waals surface area contributed by atoms with Crippen LogP contribution in [0.3, 0.4) is 0 Å². The number of rotatable bonds is 7. The fourth-order valence-electron chi connectivity index (χ4n) is 2.56. The van der Waals surface area contributed by atoms with Crippen LogP contribution >= 0.6 is 0 Å². The quantitative estimate of drug-likeness (QED) is 0.603. The topological polar surface area (TPSA) is 66.9 Å². The normalized spacial score (nSPS) is 10.4. The molecular weight excluding hydrogens is 343 g/mol. The van der Waals surface area contributed by atoms with Gasteiger partial charge in [-0.15, -0.1) is 0 Å². The highest BCUT2D eigenvalue weighted by Gasteiger charge is 2.07. The van der Waals surface area contributed by atoms with Gasteiger partial charge >= 0.3 is 0 Å². The lowest BCUT2D eigenvalue weighted by Crippen LogP contribution is -2.24. The van der Waals surface area contributed by atoms with Gasteiger partial charge in [0.2, 0.25) is 5.95 Å². The van der Waals surface area contributed by atoms with E-state index in [1.165, 1.54) is 12.1 Å². The van der Waals surface area contributed by atoms with Gasteiger partial charge in [-0.05, 0) is 42.3 Å². The predicted molar refractivity (Wildman–Crippen MR) is 104 cm³/mol. The summed E-state index contributed by atoms with van der Waals surface area (Å²) in [6.45, 7) is 2.74. The molecule has 138 valence electrons. The predicted octanol–water partition coefficient (Wildman–Crippen LogP) is 4.56. The Hall–Kier alpha value is -3.28. The summed E-state index contributed by atoms with van der Waals surface area (Å²) in [6, 6.07) is 13.4. The lowest BCUT2D eigenvalue weighted by Gasteiger charge is -2.08. The molecule has 27 heavy (non-hydrogen) atoms. The summed E-state index contributed by atoms with van der Waals surface area (Å²) in [6.07, 6.45) is 5.25. The summed E-state index contributed by atoms with van der Waals surface area (Å²) in [5.41, 5.74) is 2.74. The molecule has 0 bridgehead atoms. The molecule has 3 rings (SSSR count). The van der Waals surface area contributed by atoms with Crippen molar-refractivity contribution in [2.45, 2.75) is 19.8 Å².